The second-order valence-electron chi connectivity index (χ2n) is 4.80. The lowest BCUT2D eigenvalue weighted by atomic mass is 9.89. The third kappa shape index (κ3) is 1.96. The highest BCUT2D eigenvalue weighted by Gasteiger charge is 2.43. The van der Waals surface area contributed by atoms with Gasteiger partial charge in [0, 0.05) is 0 Å². The Kier molecular flexibility index (Phi) is 2.85. The van der Waals surface area contributed by atoms with Crippen molar-refractivity contribution >= 4 is 0 Å². The Hall–Kier alpha value is -0.980. The largest absolute Gasteiger partial charge is 0.383 e. The summed E-state index contributed by atoms with van der Waals surface area (Å²) in [6, 6.07) is 0. The van der Waals surface area contributed by atoms with Crippen molar-refractivity contribution in [2.75, 3.05) is 6.54 Å². The lowest BCUT2D eigenvalue weighted by Gasteiger charge is -2.13. The van der Waals surface area contributed by atoms with Crippen molar-refractivity contribution in [3.63, 3.8) is 0 Å². The Bertz CT molecular complexity index is 395. The monoisotopic (exact) mass is 239 g/mol. The molecule has 2 aliphatic rings. The molecule has 0 amide bonds. The first kappa shape index (κ1) is 11.1. The third-order valence-corrected chi connectivity index (χ3v) is 3.62. The van der Waals surface area contributed by atoms with Crippen LogP contribution in [0, 0.1) is 0 Å². The van der Waals surface area contributed by atoms with Crippen molar-refractivity contribution in [1.82, 2.24) is 10.1 Å². The number of aromatic nitrogens is 2. The number of aliphatic hydroxyl groups is 1. The predicted octanol–water partition coefficient (Wildman–Crippen LogP) is 0.487. The number of nitrogens with two attached hydrogens (primary N) is 1. The molecule has 6 heteroatoms. The van der Waals surface area contributed by atoms with E-state index in [1.54, 1.807) is 0 Å². The lowest BCUT2D eigenvalue weighted by Crippen LogP contribution is -2.15. The van der Waals surface area contributed by atoms with Gasteiger partial charge in [-0.1, -0.05) is 5.16 Å². The van der Waals surface area contributed by atoms with Crippen molar-refractivity contribution in [3.8, 4) is 0 Å². The number of hydrogen-bond acceptors (Lipinski definition) is 6. The molecule has 2 fully saturated rings. The molecule has 2 bridgehead atoms. The van der Waals surface area contributed by atoms with Gasteiger partial charge >= 0.3 is 0 Å². The zero-order valence-corrected chi connectivity index (χ0v) is 9.58. The number of fused-ring (bicyclic) bond motifs is 2. The van der Waals surface area contributed by atoms with Gasteiger partial charge in [-0.15, -0.1) is 0 Å². The second kappa shape index (κ2) is 4.36. The molecule has 3 heterocycles. The van der Waals surface area contributed by atoms with E-state index in [0.717, 1.165) is 19.3 Å². The summed E-state index contributed by atoms with van der Waals surface area (Å²) in [6.07, 6.45) is 3.47. The summed E-state index contributed by atoms with van der Waals surface area (Å²) < 4.78 is 10.8. The highest BCUT2D eigenvalue weighted by Crippen LogP contribution is 2.43. The molecule has 17 heavy (non-hydrogen) atoms. The first-order valence-electron chi connectivity index (χ1n) is 6.15. The van der Waals surface area contributed by atoms with E-state index >= 15 is 0 Å². The van der Waals surface area contributed by atoms with Crippen LogP contribution < -0.4 is 5.73 Å². The molecule has 3 rings (SSSR count). The molecule has 0 radical (unpaired) electrons. The molecule has 4 unspecified atom stereocenters. The molecule has 6 nitrogen and oxygen atoms in total. The van der Waals surface area contributed by atoms with E-state index in [1.807, 2.05) is 0 Å². The SMILES string of the molecule is NCCC(O)c1nc(C2CC3CCC2O3)no1. The maximum atomic E-state index is 9.70. The maximum absolute atomic E-state index is 9.70. The summed E-state index contributed by atoms with van der Waals surface area (Å²) >= 11 is 0. The smallest absolute Gasteiger partial charge is 0.255 e. The first-order valence-corrected chi connectivity index (χ1v) is 6.15. The van der Waals surface area contributed by atoms with Gasteiger partial charge in [-0.3, -0.25) is 0 Å². The van der Waals surface area contributed by atoms with Crippen LogP contribution >= 0.6 is 0 Å². The van der Waals surface area contributed by atoms with Crippen LogP contribution in [0.4, 0.5) is 0 Å². The van der Waals surface area contributed by atoms with E-state index in [4.69, 9.17) is 15.0 Å². The molecule has 2 aliphatic heterocycles. The fraction of sp³-hybridized carbons (Fsp3) is 0.818. The van der Waals surface area contributed by atoms with E-state index in [9.17, 15) is 5.11 Å². The molecular formula is C11H17N3O3. The van der Waals surface area contributed by atoms with Crippen LogP contribution in [-0.2, 0) is 4.74 Å². The van der Waals surface area contributed by atoms with Gasteiger partial charge in [-0.05, 0) is 32.2 Å². The van der Waals surface area contributed by atoms with Gasteiger partial charge in [0.05, 0.1) is 18.1 Å². The average Bonchev–Trinajstić information content (AvgIpc) is 3.05. The number of nitrogens with zero attached hydrogens (tertiary/aromatic N) is 2. The molecular weight excluding hydrogens is 222 g/mol. The zero-order chi connectivity index (χ0) is 11.8. The summed E-state index contributed by atoms with van der Waals surface area (Å²) in [5, 5.41) is 13.7. The van der Waals surface area contributed by atoms with E-state index in [1.165, 1.54) is 0 Å². The number of aliphatic hydroxyl groups excluding tert-OH is 1. The normalized spacial score (nSPS) is 33.2. The Morgan fingerprint density at radius 2 is 2.35 bits per heavy atom. The van der Waals surface area contributed by atoms with E-state index in [2.05, 4.69) is 10.1 Å². The molecule has 0 aliphatic carbocycles. The minimum atomic E-state index is -0.749. The summed E-state index contributed by atoms with van der Waals surface area (Å²) in [7, 11) is 0. The minimum absolute atomic E-state index is 0.233. The number of rotatable bonds is 4. The molecule has 1 aromatic rings. The Morgan fingerprint density at radius 1 is 1.47 bits per heavy atom. The molecule has 1 aromatic heterocycles. The molecule has 0 aromatic carbocycles. The molecule has 0 spiro atoms. The van der Waals surface area contributed by atoms with Gasteiger partial charge < -0.3 is 20.1 Å². The van der Waals surface area contributed by atoms with Crippen LogP contribution in [-0.4, -0.2) is 34.0 Å². The quantitative estimate of drug-likeness (QED) is 0.794. The van der Waals surface area contributed by atoms with Crippen LogP contribution in [0.15, 0.2) is 4.52 Å². The van der Waals surface area contributed by atoms with Crippen LogP contribution in [0.25, 0.3) is 0 Å². The van der Waals surface area contributed by atoms with Crippen LogP contribution in [0.1, 0.15) is 49.4 Å². The van der Waals surface area contributed by atoms with E-state index in [-0.39, 0.29) is 17.9 Å². The van der Waals surface area contributed by atoms with Gasteiger partial charge in [-0.2, -0.15) is 4.98 Å². The Balaban J connectivity index is 1.72. The fourth-order valence-corrected chi connectivity index (χ4v) is 2.72. The summed E-state index contributed by atoms with van der Waals surface area (Å²) in [5.74, 6) is 1.17. The van der Waals surface area contributed by atoms with Crippen molar-refractivity contribution in [1.29, 1.82) is 0 Å². The van der Waals surface area contributed by atoms with Gasteiger partial charge in [0.25, 0.3) is 5.89 Å². The Labute approximate surface area is 99.1 Å². The standard InChI is InChI=1S/C11H17N3O3/c12-4-3-8(15)11-13-10(14-17-11)7-5-6-1-2-9(7)16-6/h6-9,15H,1-5,12H2. The van der Waals surface area contributed by atoms with Crippen LogP contribution in [0.3, 0.4) is 0 Å². The maximum Gasteiger partial charge on any atom is 0.255 e. The molecule has 0 saturated carbocycles. The highest BCUT2D eigenvalue weighted by atomic mass is 16.5. The van der Waals surface area contributed by atoms with Gasteiger partial charge in [0.15, 0.2) is 5.82 Å². The summed E-state index contributed by atoms with van der Waals surface area (Å²) in [4.78, 5) is 4.27. The van der Waals surface area contributed by atoms with Crippen molar-refractivity contribution in [2.45, 2.75) is 49.9 Å². The minimum Gasteiger partial charge on any atom is -0.383 e. The average molecular weight is 239 g/mol. The second-order valence-corrected chi connectivity index (χ2v) is 4.80. The zero-order valence-electron chi connectivity index (χ0n) is 9.58. The number of hydrogen-bond donors (Lipinski definition) is 2. The van der Waals surface area contributed by atoms with Crippen molar-refractivity contribution < 1.29 is 14.4 Å². The van der Waals surface area contributed by atoms with Crippen molar-refractivity contribution in [3.05, 3.63) is 11.7 Å². The van der Waals surface area contributed by atoms with Gasteiger partial charge in [-0.25, -0.2) is 0 Å². The Morgan fingerprint density at radius 3 is 3.00 bits per heavy atom. The fourth-order valence-electron chi connectivity index (χ4n) is 2.72. The van der Waals surface area contributed by atoms with Crippen LogP contribution in [0.2, 0.25) is 0 Å². The molecule has 4 atom stereocenters. The van der Waals surface area contributed by atoms with E-state index < -0.39 is 6.10 Å². The van der Waals surface area contributed by atoms with Crippen LogP contribution in [0.5, 0.6) is 0 Å². The third-order valence-electron chi connectivity index (χ3n) is 3.62. The van der Waals surface area contributed by atoms with Crippen molar-refractivity contribution in [2.24, 2.45) is 5.73 Å². The molecule has 2 saturated heterocycles. The summed E-state index contributed by atoms with van der Waals surface area (Å²) in [5.41, 5.74) is 5.38. The molecule has 94 valence electrons. The van der Waals surface area contributed by atoms with Gasteiger partial charge in [0.2, 0.25) is 0 Å². The topological polar surface area (TPSA) is 94.4 Å². The molecule has 3 N–H and O–H groups in total. The van der Waals surface area contributed by atoms with E-state index in [0.29, 0.717) is 24.9 Å². The first-order chi connectivity index (χ1) is 8.28. The number of ether oxygens (including phenoxy) is 1. The summed E-state index contributed by atoms with van der Waals surface area (Å²) in [6.45, 7) is 0.399. The lowest BCUT2D eigenvalue weighted by molar-refractivity contribution is 0.0996. The predicted molar refractivity (Wildman–Crippen MR) is 58.2 cm³/mol. The highest BCUT2D eigenvalue weighted by molar-refractivity contribution is 5.07. The van der Waals surface area contributed by atoms with Gasteiger partial charge in [0.1, 0.15) is 6.10 Å².